The molecule has 11 heavy (non-hydrogen) atoms. The first-order valence-corrected chi connectivity index (χ1v) is 3.65. The van der Waals surface area contributed by atoms with Gasteiger partial charge in [0.15, 0.2) is 6.23 Å². The maximum Gasteiger partial charge on any atom is 0.171 e. The number of benzene rings is 1. The van der Waals surface area contributed by atoms with Gasteiger partial charge in [-0.3, -0.25) is 4.99 Å². The summed E-state index contributed by atoms with van der Waals surface area (Å²) in [5.41, 5.74) is 2.12. The Morgan fingerprint density at radius 2 is 2.18 bits per heavy atom. The fourth-order valence-corrected chi connectivity index (χ4v) is 1.30. The van der Waals surface area contributed by atoms with Crippen molar-refractivity contribution in [1.29, 1.82) is 0 Å². The van der Waals surface area contributed by atoms with Gasteiger partial charge in [-0.2, -0.15) is 0 Å². The lowest BCUT2D eigenvalue weighted by atomic mass is 10.0. The summed E-state index contributed by atoms with van der Waals surface area (Å²) in [4.78, 5) is 3.90. The largest absolute Gasteiger partial charge is 0.368 e. The van der Waals surface area contributed by atoms with Crippen molar-refractivity contribution >= 4 is 6.21 Å². The predicted molar refractivity (Wildman–Crippen MR) is 43.6 cm³/mol. The number of hydrogen-bond donors (Lipinski definition) is 1. The van der Waals surface area contributed by atoms with Crippen molar-refractivity contribution in [1.82, 2.24) is 0 Å². The predicted octanol–water partition coefficient (Wildman–Crippen LogP) is 1.30. The standard InChI is InChI=1S/C9H9NO/c11-9-8-4-2-1-3-7(8)5-6-10-9/h1-4,6,9,11H,5H2. The van der Waals surface area contributed by atoms with Gasteiger partial charge >= 0.3 is 0 Å². The molecule has 1 heterocycles. The van der Waals surface area contributed by atoms with E-state index in [1.165, 1.54) is 5.56 Å². The van der Waals surface area contributed by atoms with Gasteiger partial charge < -0.3 is 5.11 Å². The molecule has 2 rings (SSSR count). The molecule has 2 heteroatoms. The molecule has 0 aromatic heterocycles. The quantitative estimate of drug-likeness (QED) is 0.589. The molecule has 0 saturated carbocycles. The number of aliphatic hydroxyl groups excluding tert-OH is 1. The Labute approximate surface area is 65.2 Å². The fraction of sp³-hybridized carbons (Fsp3) is 0.222. The third-order valence-electron chi connectivity index (χ3n) is 1.89. The number of aliphatic hydroxyl groups is 1. The summed E-state index contributed by atoms with van der Waals surface area (Å²) in [5, 5.41) is 9.36. The van der Waals surface area contributed by atoms with E-state index in [1.54, 1.807) is 6.21 Å². The summed E-state index contributed by atoms with van der Waals surface area (Å²) in [6, 6.07) is 7.83. The van der Waals surface area contributed by atoms with E-state index in [1.807, 2.05) is 24.3 Å². The molecule has 56 valence electrons. The van der Waals surface area contributed by atoms with E-state index < -0.39 is 6.23 Å². The van der Waals surface area contributed by atoms with Crippen LogP contribution < -0.4 is 0 Å². The summed E-state index contributed by atoms with van der Waals surface area (Å²) in [7, 11) is 0. The molecule has 0 fully saturated rings. The number of rotatable bonds is 0. The number of fused-ring (bicyclic) bond motifs is 1. The van der Waals surface area contributed by atoms with Crippen molar-refractivity contribution in [3.8, 4) is 0 Å². The molecule has 1 unspecified atom stereocenters. The third-order valence-corrected chi connectivity index (χ3v) is 1.89. The lowest BCUT2D eigenvalue weighted by Gasteiger charge is -2.14. The van der Waals surface area contributed by atoms with Crippen LogP contribution in [0.25, 0.3) is 0 Å². The summed E-state index contributed by atoms with van der Waals surface area (Å²) < 4.78 is 0. The maximum absolute atomic E-state index is 9.36. The number of nitrogens with zero attached hydrogens (tertiary/aromatic N) is 1. The van der Waals surface area contributed by atoms with Crippen molar-refractivity contribution in [3.05, 3.63) is 35.4 Å². The minimum absolute atomic E-state index is 0.639. The second-order valence-corrected chi connectivity index (χ2v) is 2.61. The highest BCUT2D eigenvalue weighted by molar-refractivity contribution is 5.65. The van der Waals surface area contributed by atoms with Crippen LogP contribution in [0, 0.1) is 0 Å². The van der Waals surface area contributed by atoms with Crippen molar-refractivity contribution in [2.45, 2.75) is 12.6 Å². The van der Waals surface area contributed by atoms with Gasteiger partial charge in [0.2, 0.25) is 0 Å². The summed E-state index contributed by atoms with van der Waals surface area (Å²) >= 11 is 0. The third kappa shape index (κ3) is 1.05. The molecule has 1 aromatic carbocycles. The molecular weight excluding hydrogens is 138 g/mol. The second kappa shape index (κ2) is 2.47. The Bertz CT molecular complexity index is 293. The van der Waals surface area contributed by atoms with Crippen LogP contribution >= 0.6 is 0 Å². The van der Waals surface area contributed by atoms with Crippen LogP contribution in [0.1, 0.15) is 17.4 Å². The van der Waals surface area contributed by atoms with E-state index in [4.69, 9.17) is 0 Å². The number of aliphatic imine (C=N–C) groups is 1. The molecule has 0 saturated heterocycles. The number of hydrogen-bond acceptors (Lipinski definition) is 2. The van der Waals surface area contributed by atoms with Crippen molar-refractivity contribution in [3.63, 3.8) is 0 Å². The smallest absolute Gasteiger partial charge is 0.171 e. The molecule has 1 aromatic rings. The van der Waals surface area contributed by atoms with E-state index in [0.717, 1.165) is 12.0 Å². The van der Waals surface area contributed by atoms with E-state index in [0.29, 0.717) is 0 Å². The molecule has 1 aliphatic heterocycles. The van der Waals surface area contributed by atoms with E-state index >= 15 is 0 Å². The van der Waals surface area contributed by atoms with Crippen LogP contribution in [0.15, 0.2) is 29.3 Å². The van der Waals surface area contributed by atoms with Crippen LogP contribution in [0.2, 0.25) is 0 Å². The van der Waals surface area contributed by atoms with Gasteiger partial charge in [0.25, 0.3) is 0 Å². The minimum Gasteiger partial charge on any atom is -0.368 e. The second-order valence-electron chi connectivity index (χ2n) is 2.61. The van der Waals surface area contributed by atoms with Gasteiger partial charge in [0.1, 0.15) is 0 Å². The molecule has 0 radical (unpaired) electrons. The van der Waals surface area contributed by atoms with Crippen LogP contribution in [0.4, 0.5) is 0 Å². The highest BCUT2D eigenvalue weighted by Gasteiger charge is 2.12. The summed E-state index contributed by atoms with van der Waals surface area (Å²) in [6.45, 7) is 0. The summed E-state index contributed by atoms with van der Waals surface area (Å²) in [5.74, 6) is 0. The molecular formula is C9H9NO. The molecule has 1 N–H and O–H groups in total. The monoisotopic (exact) mass is 147 g/mol. The van der Waals surface area contributed by atoms with Crippen LogP contribution in [-0.4, -0.2) is 11.3 Å². The first-order chi connectivity index (χ1) is 5.38. The molecule has 0 aliphatic carbocycles. The van der Waals surface area contributed by atoms with Crippen molar-refractivity contribution in [2.75, 3.05) is 0 Å². The van der Waals surface area contributed by atoms with Gasteiger partial charge in [-0.25, -0.2) is 0 Å². The average Bonchev–Trinajstić information content (AvgIpc) is 2.06. The average molecular weight is 147 g/mol. The molecule has 0 bridgehead atoms. The van der Waals surface area contributed by atoms with Crippen LogP contribution in [0.3, 0.4) is 0 Å². The zero-order valence-corrected chi connectivity index (χ0v) is 6.07. The minimum atomic E-state index is -0.639. The molecule has 1 atom stereocenters. The Balaban J connectivity index is 2.50. The topological polar surface area (TPSA) is 32.6 Å². The lowest BCUT2D eigenvalue weighted by Crippen LogP contribution is -2.05. The SMILES string of the molecule is OC1N=CCc2ccccc21. The van der Waals surface area contributed by atoms with Gasteiger partial charge in [0, 0.05) is 18.2 Å². The van der Waals surface area contributed by atoms with E-state index in [2.05, 4.69) is 4.99 Å². The highest BCUT2D eigenvalue weighted by Crippen LogP contribution is 2.21. The normalized spacial score (nSPS) is 21.4. The van der Waals surface area contributed by atoms with Crippen LogP contribution in [-0.2, 0) is 6.42 Å². The lowest BCUT2D eigenvalue weighted by molar-refractivity contribution is 0.186. The fourth-order valence-electron chi connectivity index (χ4n) is 1.30. The highest BCUT2D eigenvalue weighted by atomic mass is 16.3. The van der Waals surface area contributed by atoms with Crippen molar-refractivity contribution < 1.29 is 5.11 Å². The van der Waals surface area contributed by atoms with Crippen LogP contribution in [0.5, 0.6) is 0 Å². The first-order valence-electron chi connectivity index (χ1n) is 3.65. The van der Waals surface area contributed by atoms with Gasteiger partial charge in [-0.05, 0) is 5.56 Å². The van der Waals surface area contributed by atoms with Gasteiger partial charge in [-0.1, -0.05) is 24.3 Å². The van der Waals surface area contributed by atoms with Crippen molar-refractivity contribution in [2.24, 2.45) is 4.99 Å². The Morgan fingerprint density at radius 1 is 1.36 bits per heavy atom. The Hall–Kier alpha value is -1.15. The first kappa shape index (κ1) is 6.55. The summed E-state index contributed by atoms with van der Waals surface area (Å²) in [6.07, 6.45) is 1.96. The molecule has 2 nitrogen and oxygen atoms in total. The van der Waals surface area contributed by atoms with E-state index in [9.17, 15) is 5.11 Å². The maximum atomic E-state index is 9.36. The Kier molecular flexibility index (Phi) is 1.47. The van der Waals surface area contributed by atoms with E-state index in [-0.39, 0.29) is 0 Å². The molecule has 0 spiro atoms. The van der Waals surface area contributed by atoms with Gasteiger partial charge in [-0.15, -0.1) is 0 Å². The van der Waals surface area contributed by atoms with Gasteiger partial charge in [0.05, 0.1) is 0 Å². The zero-order valence-electron chi connectivity index (χ0n) is 6.07. The molecule has 1 aliphatic rings. The zero-order chi connectivity index (χ0) is 7.68. The molecule has 0 amide bonds. The Morgan fingerprint density at radius 3 is 3.00 bits per heavy atom.